The minimum atomic E-state index is -1.19. The Labute approximate surface area is 434 Å². The van der Waals surface area contributed by atoms with E-state index in [4.69, 9.17) is 25.7 Å². The molecule has 71 heavy (non-hydrogen) atoms. The third kappa shape index (κ3) is 62.6. The van der Waals surface area contributed by atoms with Crippen molar-refractivity contribution in [2.45, 2.75) is 162 Å². The molecule has 7 N–H and O–H groups in total. The van der Waals surface area contributed by atoms with Crippen LogP contribution in [0.1, 0.15) is 150 Å². The quantitative estimate of drug-likeness (QED) is 0.0105. The molecule has 1 heterocycles. The molecule has 1 aliphatic rings. The third-order valence-electron chi connectivity index (χ3n) is 9.25. The molecule has 16 heteroatoms. The zero-order chi connectivity index (χ0) is 55.3. The Kier molecular flexibility index (Phi) is 50.8. The molecule has 2 unspecified atom stereocenters. The van der Waals surface area contributed by atoms with Gasteiger partial charge in [-0.25, -0.2) is 9.59 Å². The first-order valence-corrected chi connectivity index (χ1v) is 26.2. The molecule has 0 aromatic heterocycles. The van der Waals surface area contributed by atoms with Gasteiger partial charge in [0.25, 0.3) is 0 Å². The Balaban J connectivity index is -0.000000444. The Hall–Kier alpha value is -3.51. The Bertz CT molecular complexity index is 1460. The number of epoxide rings is 1. The van der Waals surface area contributed by atoms with Crippen LogP contribution in [-0.2, 0) is 28.6 Å². The van der Waals surface area contributed by atoms with E-state index in [-0.39, 0.29) is 30.0 Å². The van der Waals surface area contributed by atoms with E-state index in [9.17, 15) is 19.5 Å². The predicted octanol–water partition coefficient (Wildman–Crippen LogP) is 7.95. The van der Waals surface area contributed by atoms with Crippen molar-refractivity contribution in [1.29, 1.82) is 0 Å². The number of ether oxygens (including phenoxy) is 3. The van der Waals surface area contributed by atoms with Gasteiger partial charge < -0.3 is 46.2 Å². The number of aliphatic hydroxyl groups excluding tert-OH is 1. The first-order chi connectivity index (χ1) is 33.2. The molecular formula is C55H109N9O7. The summed E-state index contributed by atoms with van der Waals surface area (Å²) in [5.74, 6) is 2.47. The summed E-state index contributed by atoms with van der Waals surface area (Å²) >= 11 is 0. The average molecular weight is 1010 g/mol. The SMILES string of the molecule is C=C(C)C(=O)OC(O)CN(CCN=C(C)CC(C)C)CCN=C(C)CC(C)C.C=C(C)C(=O)OCC1CO1.CC(=O)CC(C)C.CC(CC(C)C)=NCCNCCN=C(C)CC(C)C.NCCNCCN. The third-order valence-corrected chi connectivity index (χ3v) is 9.25. The molecule has 16 nitrogen and oxygen atoms in total. The zero-order valence-electron chi connectivity index (χ0n) is 48.4. The van der Waals surface area contributed by atoms with Crippen molar-refractivity contribution in [3.63, 3.8) is 0 Å². The number of nitrogens with one attached hydrogen (secondary N) is 2. The van der Waals surface area contributed by atoms with Crippen LogP contribution in [0, 0.1) is 29.6 Å². The minimum Gasteiger partial charge on any atom is -0.459 e. The van der Waals surface area contributed by atoms with Gasteiger partial charge in [0, 0.05) is 92.8 Å². The van der Waals surface area contributed by atoms with Crippen molar-refractivity contribution in [3.05, 3.63) is 24.3 Å². The topological polar surface area (TPSA) is 231 Å². The van der Waals surface area contributed by atoms with Crippen molar-refractivity contribution in [2.24, 2.45) is 61.0 Å². The smallest absolute Gasteiger partial charge is 0.335 e. The number of nitrogens with two attached hydrogens (primary N) is 2. The maximum Gasteiger partial charge on any atom is 0.335 e. The van der Waals surface area contributed by atoms with Gasteiger partial charge in [0.05, 0.1) is 39.3 Å². The molecule has 1 saturated heterocycles. The van der Waals surface area contributed by atoms with Gasteiger partial charge in [0.1, 0.15) is 18.5 Å². The highest BCUT2D eigenvalue weighted by molar-refractivity contribution is 5.87. The van der Waals surface area contributed by atoms with Crippen LogP contribution in [0.3, 0.4) is 0 Å². The maximum absolute atomic E-state index is 11.6. The van der Waals surface area contributed by atoms with E-state index < -0.39 is 12.3 Å². The number of rotatable bonds is 33. The van der Waals surface area contributed by atoms with Crippen LogP contribution in [0.4, 0.5) is 0 Å². The highest BCUT2D eigenvalue weighted by Gasteiger charge is 2.24. The second-order valence-electron chi connectivity index (χ2n) is 20.5. The molecule has 2 atom stereocenters. The van der Waals surface area contributed by atoms with Crippen LogP contribution < -0.4 is 22.1 Å². The number of aliphatic hydroxyl groups is 1. The predicted molar refractivity (Wildman–Crippen MR) is 303 cm³/mol. The molecular weight excluding hydrogens is 899 g/mol. The number of aliphatic imine (C=N–C) groups is 4. The van der Waals surface area contributed by atoms with Gasteiger partial charge in [-0.15, -0.1) is 0 Å². The number of esters is 2. The number of Topliss-reactive ketones (excluding diaryl/α,β-unsaturated/α-hetero) is 1. The first kappa shape index (κ1) is 74.0. The van der Waals surface area contributed by atoms with Gasteiger partial charge in [0.2, 0.25) is 6.29 Å². The summed E-state index contributed by atoms with van der Waals surface area (Å²) in [6, 6.07) is 0. The van der Waals surface area contributed by atoms with Gasteiger partial charge in [-0.2, -0.15) is 0 Å². The number of carbonyl (C=O) groups excluding carboxylic acids is 3. The van der Waals surface area contributed by atoms with Gasteiger partial charge in [-0.3, -0.25) is 24.9 Å². The largest absolute Gasteiger partial charge is 0.459 e. The van der Waals surface area contributed by atoms with E-state index in [1.807, 2.05) is 32.6 Å². The second-order valence-corrected chi connectivity index (χ2v) is 20.5. The maximum atomic E-state index is 11.6. The molecule has 416 valence electrons. The monoisotopic (exact) mass is 1010 g/mol. The molecule has 1 fully saturated rings. The number of ketones is 1. The highest BCUT2D eigenvalue weighted by atomic mass is 16.6. The fourth-order valence-electron chi connectivity index (χ4n) is 6.30. The zero-order valence-corrected chi connectivity index (χ0v) is 48.4. The molecule has 0 spiro atoms. The van der Waals surface area contributed by atoms with Crippen LogP contribution in [0.2, 0.25) is 0 Å². The van der Waals surface area contributed by atoms with Crippen LogP contribution >= 0.6 is 0 Å². The number of nitrogens with zero attached hydrogens (tertiary/aromatic N) is 5. The van der Waals surface area contributed by atoms with Crippen molar-refractivity contribution in [1.82, 2.24) is 15.5 Å². The molecule has 0 radical (unpaired) electrons. The van der Waals surface area contributed by atoms with Crippen LogP contribution in [0.5, 0.6) is 0 Å². The lowest BCUT2D eigenvalue weighted by molar-refractivity contribution is -0.165. The highest BCUT2D eigenvalue weighted by Crippen LogP contribution is 2.09. The van der Waals surface area contributed by atoms with E-state index in [1.165, 1.54) is 11.4 Å². The molecule has 0 aromatic rings. The normalized spacial score (nSPS) is 14.2. The number of hydrogen-bond donors (Lipinski definition) is 5. The summed E-state index contributed by atoms with van der Waals surface area (Å²) in [5, 5.41) is 16.5. The van der Waals surface area contributed by atoms with Gasteiger partial charge in [-0.05, 0) is 104 Å². The summed E-state index contributed by atoms with van der Waals surface area (Å²) in [6.07, 6.45) is 3.86. The Morgan fingerprint density at radius 3 is 1.21 bits per heavy atom. The number of carbonyl (C=O) groups is 3. The molecule has 1 rings (SSSR count). The molecule has 0 amide bonds. The second kappa shape index (κ2) is 48.7. The van der Waals surface area contributed by atoms with E-state index in [1.54, 1.807) is 20.8 Å². The lowest BCUT2D eigenvalue weighted by atomic mass is 10.1. The lowest BCUT2D eigenvalue weighted by Crippen LogP contribution is -2.38. The average Bonchev–Trinajstić information content (AvgIpc) is 4.06. The molecule has 0 aromatic carbocycles. The number of hydrogen-bond acceptors (Lipinski definition) is 16. The summed E-state index contributed by atoms with van der Waals surface area (Å²) in [4.78, 5) is 52.9. The fraction of sp³-hybridized carbons (Fsp3) is 0.800. The molecule has 1 aliphatic heterocycles. The van der Waals surface area contributed by atoms with Gasteiger partial charge in [-0.1, -0.05) is 82.4 Å². The molecule has 0 aliphatic carbocycles. The summed E-state index contributed by atoms with van der Waals surface area (Å²) < 4.78 is 14.6. The standard InChI is InChI=1S/C22H41N3O3.C16H33N3.C7H10O3.C6H12O.C4H13N3/c1-16(2)13-19(7)23-9-11-25(12-10-24-20(8)14-17(3)4)15-21(26)28-22(27)18(5)6;1-13(2)11-15(5)18-9-7-17-8-10-19-16(6)12-14(3)4;1-5(2)7(8)10-4-6-3-9-6;1-5(2)4-6(3)7;5-1-3-7-4-2-6/h16-17,21,26H,5,9-15H2,1-4,6-8H3;13-14,17H,7-12H2,1-6H3;6H,1,3-4H2,2H3;5H,4H2,1-3H3;7H,1-6H2. The van der Waals surface area contributed by atoms with E-state index >= 15 is 0 Å². The minimum absolute atomic E-state index is 0.142. The summed E-state index contributed by atoms with van der Waals surface area (Å²) in [6.45, 7) is 52.6. The summed E-state index contributed by atoms with van der Waals surface area (Å²) in [5.41, 5.74) is 15.8. The fourth-order valence-corrected chi connectivity index (χ4v) is 6.30. The van der Waals surface area contributed by atoms with Crippen molar-refractivity contribution in [3.8, 4) is 0 Å². The van der Waals surface area contributed by atoms with E-state index in [0.29, 0.717) is 87.6 Å². The van der Waals surface area contributed by atoms with Crippen molar-refractivity contribution in [2.75, 3.05) is 98.3 Å². The van der Waals surface area contributed by atoms with Gasteiger partial charge in [0.15, 0.2) is 0 Å². The van der Waals surface area contributed by atoms with Crippen LogP contribution in [0.25, 0.3) is 0 Å². The first-order valence-electron chi connectivity index (χ1n) is 26.2. The van der Waals surface area contributed by atoms with E-state index in [2.05, 4.69) is 113 Å². The lowest BCUT2D eigenvalue weighted by Gasteiger charge is -2.24. The van der Waals surface area contributed by atoms with Crippen molar-refractivity contribution >= 4 is 40.6 Å². The molecule has 0 bridgehead atoms. The van der Waals surface area contributed by atoms with Crippen LogP contribution in [-0.4, -0.2) is 161 Å². The van der Waals surface area contributed by atoms with Crippen LogP contribution in [0.15, 0.2) is 44.3 Å². The van der Waals surface area contributed by atoms with Crippen molar-refractivity contribution < 1.29 is 33.7 Å². The van der Waals surface area contributed by atoms with Gasteiger partial charge >= 0.3 is 11.9 Å². The summed E-state index contributed by atoms with van der Waals surface area (Å²) in [7, 11) is 0. The molecule has 0 saturated carbocycles. The van der Waals surface area contributed by atoms with E-state index in [0.717, 1.165) is 82.8 Å². The Morgan fingerprint density at radius 1 is 0.592 bits per heavy atom. The Morgan fingerprint density at radius 2 is 0.930 bits per heavy atom.